The van der Waals surface area contributed by atoms with Gasteiger partial charge in [0.1, 0.15) is 12.4 Å². The van der Waals surface area contributed by atoms with Crippen molar-refractivity contribution in [2.75, 3.05) is 13.7 Å². The summed E-state index contributed by atoms with van der Waals surface area (Å²) in [6.45, 7) is -0.124. The van der Waals surface area contributed by atoms with Crippen molar-refractivity contribution in [2.45, 2.75) is 0 Å². The first-order valence-corrected chi connectivity index (χ1v) is 6.73. The summed E-state index contributed by atoms with van der Waals surface area (Å²) in [4.78, 5) is 14.6. The van der Waals surface area contributed by atoms with E-state index in [9.17, 15) is 9.18 Å². The van der Waals surface area contributed by atoms with Crippen LogP contribution in [0.5, 0.6) is 0 Å². The molecule has 0 radical (unpaired) electrons. The van der Waals surface area contributed by atoms with Crippen molar-refractivity contribution in [3.05, 3.63) is 59.4 Å². The predicted octanol–water partition coefficient (Wildman–Crippen LogP) is 2.88. The summed E-state index contributed by atoms with van der Waals surface area (Å²) in [6, 6.07) is 13.2. The second-order valence-corrected chi connectivity index (χ2v) is 4.66. The zero-order chi connectivity index (χ0) is 16.8. The third-order valence-corrected chi connectivity index (χ3v) is 3.25. The van der Waals surface area contributed by atoms with Crippen molar-refractivity contribution in [3.8, 4) is 17.2 Å². The van der Waals surface area contributed by atoms with Gasteiger partial charge < -0.3 is 10.5 Å². The van der Waals surface area contributed by atoms with E-state index in [0.29, 0.717) is 28.0 Å². The maximum absolute atomic E-state index is 14.4. The molecule has 0 heterocycles. The molecule has 23 heavy (non-hydrogen) atoms. The lowest BCUT2D eigenvalue weighted by Crippen LogP contribution is -2.19. The zero-order valence-electron chi connectivity index (χ0n) is 12.4. The van der Waals surface area contributed by atoms with E-state index in [0.717, 1.165) is 0 Å². The second-order valence-electron chi connectivity index (χ2n) is 4.66. The van der Waals surface area contributed by atoms with Gasteiger partial charge in [0, 0.05) is 18.2 Å². The highest BCUT2D eigenvalue weighted by molar-refractivity contribution is 6.02. The third kappa shape index (κ3) is 3.92. The number of hydrogen-bond acceptors (Lipinski definition) is 4. The summed E-state index contributed by atoms with van der Waals surface area (Å²) >= 11 is 0. The Morgan fingerprint density at radius 2 is 2.00 bits per heavy atom. The molecular weight excluding hydrogens is 297 g/mol. The molecule has 0 saturated heterocycles. The van der Waals surface area contributed by atoms with Crippen LogP contribution in [0.25, 0.3) is 11.1 Å². The fraction of sp³-hybridized carbons (Fsp3) is 0.118. The maximum atomic E-state index is 14.4. The lowest BCUT2D eigenvalue weighted by atomic mass is 10.0. The first-order valence-electron chi connectivity index (χ1n) is 6.73. The predicted molar refractivity (Wildman–Crippen MR) is 84.5 cm³/mol. The number of halogens is 1. The highest BCUT2D eigenvalue weighted by Gasteiger charge is 2.11. The van der Waals surface area contributed by atoms with E-state index < -0.39 is 11.9 Å². The van der Waals surface area contributed by atoms with E-state index in [1.807, 2.05) is 6.07 Å². The minimum atomic E-state index is -0.916. The van der Waals surface area contributed by atoms with Gasteiger partial charge in [0.15, 0.2) is 0 Å². The van der Waals surface area contributed by atoms with E-state index >= 15 is 0 Å². The van der Waals surface area contributed by atoms with Crippen LogP contribution in [0.15, 0.2) is 47.5 Å². The number of aliphatic imine (C=N–C) groups is 1. The van der Waals surface area contributed by atoms with Crippen molar-refractivity contribution in [2.24, 2.45) is 10.7 Å². The smallest absolute Gasteiger partial charge is 0.404 e. The van der Waals surface area contributed by atoms with Crippen LogP contribution in [0.3, 0.4) is 0 Å². The summed E-state index contributed by atoms with van der Waals surface area (Å²) in [5.41, 5.74) is 7.41. The molecule has 0 saturated carbocycles. The number of hydrogen-bond donors (Lipinski definition) is 1. The molecule has 0 unspecified atom stereocenters. The van der Waals surface area contributed by atoms with Crippen LogP contribution in [0, 0.1) is 17.1 Å². The Labute approximate surface area is 132 Å². The maximum Gasteiger partial charge on any atom is 0.404 e. The summed E-state index contributed by atoms with van der Waals surface area (Å²) in [5.74, 6) is -0.438. The Morgan fingerprint density at radius 1 is 1.30 bits per heavy atom. The lowest BCUT2D eigenvalue weighted by molar-refractivity contribution is 0.173. The Bertz CT molecular complexity index is 792. The SMILES string of the molecule is C/N=C(\COC(N)=O)c1ccc(-c2ccc(C#N)cc2)c(F)c1. The van der Waals surface area contributed by atoms with Crippen LogP contribution in [-0.2, 0) is 4.74 Å². The van der Waals surface area contributed by atoms with E-state index in [1.54, 1.807) is 36.4 Å². The van der Waals surface area contributed by atoms with Crippen LogP contribution < -0.4 is 5.73 Å². The molecule has 0 bridgehead atoms. The molecule has 0 atom stereocenters. The van der Waals surface area contributed by atoms with E-state index in [4.69, 9.17) is 11.0 Å². The van der Waals surface area contributed by atoms with E-state index in [2.05, 4.69) is 9.73 Å². The third-order valence-electron chi connectivity index (χ3n) is 3.25. The number of rotatable bonds is 4. The van der Waals surface area contributed by atoms with Crippen LogP contribution >= 0.6 is 0 Å². The average molecular weight is 311 g/mol. The minimum absolute atomic E-state index is 0.124. The Morgan fingerprint density at radius 3 is 2.52 bits per heavy atom. The fourth-order valence-corrected chi connectivity index (χ4v) is 2.07. The van der Waals surface area contributed by atoms with Gasteiger partial charge in [0.05, 0.1) is 17.3 Å². The van der Waals surface area contributed by atoms with E-state index in [1.165, 1.54) is 13.1 Å². The number of benzene rings is 2. The van der Waals surface area contributed by atoms with Crippen LogP contribution in [0.2, 0.25) is 0 Å². The molecule has 0 aliphatic heterocycles. The number of nitrogens with zero attached hydrogens (tertiary/aromatic N) is 2. The molecule has 5 nitrogen and oxygen atoms in total. The van der Waals surface area contributed by atoms with Gasteiger partial charge in [-0.05, 0) is 23.8 Å². The first-order chi connectivity index (χ1) is 11.0. The molecule has 0 aliphatic carbocycles. The van der Waals surface area contributed by atoms with Gasteiger partial charge in [-0.25, -0.2) is 9.18 Å². The molecule has 116 valence electrons. The molecule has 2 aromatic carbocycles. The molecular formula is C17H14FN3O2. The van der Waals surface area contributed by atoms with Gasteiger partial charge in [0.25, 0.3) is 0 Å². The quantitative estimate of drug-likeness (QED) is 0.880. The largest absolute Gasteiger partial charge is 0.443 e. The summed E-state index contributed by atoms with van der Waals surface area (Å²) in [7, 11) is 1.52. The molecule has 1 amide bonds. The van der Waals surface area contributed by atoms with Crippen molar-refractivity contribution in [1.29, 1.82) is 5.26 Å². The highest BCUT2D eigenvalue weighted by atomic mass is 19.1. The number of primary amides is 1. The Hall–Kier alpha value is -3.20. The van der Waals surface area contributed by atoms with Gasteiger partial charge in [-0.3, -0.25) is 4.99 Å². The molecule has 0 aliphatic rings. The summed E-state index contributed by atoms with van der Waals surface area (Å²) < 4.78 is 19.0. The van der Waals surface area contributed by atoms with Crippen molar-refractivity contribution < 1.29 is 13.9 Å². The number of ether oxygens (including phenoxy) is 1. The normalized spacial score (nSPS) is 10.9. The van der Waals surface area contributed by atoms with Crippen LogP contribution in [0.4, 0.5) is 9.18 Å². The van der Waals surface area contributed by atoms with Crippen molar-refractivity contribution in [3.63, 3.8) is 0 Å². The molecule has 0 fully saturated rings. The zero-order valence-corrected chi connectivity index (χ0v) is 12.4. The summed E-state index contributed by atoms with van der Waals surface area (Å²) in [6.07, 6.45) is -0.916. The van der Waals surface area contributed by atoms with Crippen molar-refractivity contribution >= 4 is 11.8 Å². The standard InChI is InChI=1S/C17H14FN3O2/c1-21-16(10-23-17(20)22)13-6-7-14(15(18)8-13)12-4-2-11(9-19)3-5-12/h2-8H,10H2,1H3,(H2,20,22)/b21-16+. The minimum Gasteiger partial charge on any atom is -0.443 e. The summed E-state index contributed by atoms with van der Waals surface area (Å²) in [5, 5.41) is 8.79. The van der Waals surface area contributed by atoms with E-state index in [-0.39, 0.29) is 6.61 Å². The molecule has 6 heteroatoms. The Kier molecular flexibility index (Phi) is 5.05. The van der Waals surface area contributed by atoms with Gasteiger partial charge >= 0.3 is 6.09 Å². The van der Waals surface area contributed by atoms with Gasteiger partial charge in [-0.15, -0.1) is 0 Å². The molecule has 2 aromatic rings. The van der Waals surface area contributed by atoms with Gasteiger partial charge in [0.2, 0.25) is 0 Å². The number of carbonyl (C=O) groups excluding carboxylic acids is 1. The van der Waals surface area contributed by atoms with Crippen LogP contribution in [-0.4, -0.2) is 25.5 Å². The molecule has 2 N–H and O–H groups in total. The molecule has 0 aromatic heterocycles. The second kappa shape index (κ2) is 7.18. The first kappa shape index (κ1) is 16.2. The van der Waals surface area contributed by atoms with Crippen molar-refractivity contribution in [1.82, 2.24) is 0 Å². The number of nitrogens with two attached hydrogens (primary N) is 1. The Balaban J connectivity index is 2.29. The lowest BCUT2D eigenvalue weighted by Gasteiger charge is -2.09. The highest BCUT2D eigenvalue weighted by Crippen LogP contribution is 2.24. The van der Waals surface area contributed by atoms with Gasteiger partial charge in [-0.1, -0.05) is 24.3 Å². The van der Waals surface area contributed by atoms with Gasteiger partial charge in [-0.2, -0.15) is 5.26 Å². The molecule has 2 rings (SSSR count). The van der Waals surface area contributed by atoms with Crippen LogP contribution in [0.1, 0.15) is 11.1 Å². The monoisotopic (exact) mass is 311 g/mol. The molecule has 0 spiro atoms. The average Bonchev–Trinajstić information content (AvgIpc) is 2.55. The topological polar surface area (TPSA) is 88.5 Å². The number of carbonyl (C=O) groups is 1. The fourth-order valence-electron chi connectivity index (χ4n) is 2.07. The number of amides is 1. The number of nitriles is 1.